The van der Waals surface area contributed by atoms with E-state index in [-0.39, 0.29) is 12.4 Å². The predicted octanol–water partition coefficient (Wildman–Crippen LogP) is 1.33. The van der Waals surface area contributed by atoms with Crippen molar-refractivity contribution in [1.29, 1.82) is 0 Å². The molecule has 3 nitrogen and oxygen atoms in total. The van der Waals surface area contributed by atoms with Crippen LogP contribution in [-0.4, -0.2) is 25.8 Å². The highest BCUT2D eigenvalue weighted by Crippen LogP contribution is 2.06. The van der Waals surface area contributed by atoms with Crippen molar-refractivity contribution < 1.29 is 14.3 Å². The maximum atomic E-state index is 11.3. The van der Waals surface area contributed by atoms with Crippen LogP contribution in [0.2, 0.25) is 0 Å². The number of hydrogen-bond acceptors (Lipinski definition) is 3. The SMILES string of the molecule is COCC(=O)c1ccccc1C=O. The Bertz CT molecular complexity index is 318. The number of ketones is 1. The van der Waals surface area contributed by atoms with E-state index in [0.717, 1.165) is 0 Å². The van der Waals surface area contributed by atoms with Gasteiger partial charge in [0.15, 0.2) is 12.1 Å². The van der Waals surface area contributed by atoms with Gasteiger partial charge in [-0.3, -0.25) is 9.59 Å². The second-order valence-corrected chi connectivity index (χ2v) is 2.56. The molecule has 0 aliphatic carbocycles. The molecule has 0 bridgehead atoms. The zero-order valence-corrected chi connectivity index (χ0v) is 7.32. The Morgan fingerprint density at radius 2 is 2.15 bits per heavy atom. The standard InChI is InChI=1S/C10H10O3/c1-13-7-10(12)9-5-3-2-4-8(9)6-11/h2-6H,7H2,1H3. The van der Waals surface area contributed by atoms with Crippen LogP contribution in [0.25, 0.3) is 0 Å². The molecule has 0 aliphatic rings. The van der Waals surface area contributed by atoms with Crippen LogP contribution in [0, 0.1) is 0 Å². The van der Waals surface area contributed by atoms with Gasteiger partial charge >= 0.3 is 0 Å². The lowest BCUT2D eigenvalue weighted by atomic mass is 10.1. The van der Waals surface area contributed by atoms with Crippen LogP contribution in [0.4, 0.5) is 0 Å². The first-order valence-corrected chi connectivity index (χ1v) is 3.86. The van der Waals surface area contributed by atoms with Crippen LogP contribution in [0.1, 0.15) is 20.7 Å². The normalized spacial score (nSPS) is 9.62. The summed E-state index contributed by atoms with van der Waals surface area (Å²) in [7, 11) is 1.45. The van der Waals surface area contributed by atoms with Crippen molar-refractivity contribution in [2.45, 2.75) is 0 Å². The number of carbonyl (C=O) groups is 2. The fourth-order valence-electron chi connectivity index (χ4n) is 1.06. The summed E-state index contributed by atoms with van der Waals surface area (Å²) in [6.45, 7) is 0.00481. The fourth-order valence-corrected chi connectivity index (χ4v) is 1.06. The first-order valence-electron chi connectivity index (χ1n) is 3.86. The van der Waals surface area contributed by atoms with Crippen LogP contribution < -0.4 is 0 Å². The fraction of sp³-hybridized carbons (Fsp3) is 0.200. The summed E-state index contributed by atoms with van der Waals surface area (Å²) < 4.78 is 4.69. The van der Waals surface area contributed by atoms with Crippen molar-refractivity contribution in [3.8, 4) is 0 Å². The second-order valence-electron chi connectivity index (χ2n) is 2.56. The maximum Gasteiger partial charge on any atom is 0.189 e. The van der Waals surface area contributed by atoms with E-state index in [0.29, 0.717) is 17.4 Å². The van der Waals surface area contributed by atoms with Gasteiger partial charge < -0.3 is 4.74 Å². The third-order valence-electron chi connectivity index (χ3n) is 1.66. The van der Waals surface area contributed by atoms with Gasteiger partial charge in [0.1, 0.15) is 6.61 Å². The first kappa shape index (κ1) is 9.61. The van der Waals surface area contributed by atoms with Gasteiger partial charge in [-0.2, -0.15) is 0 Å². The van der Waals surface area contributed by atoms with Gasteiger partial charge in [-0.05, 0) is 0 Å². The van der Waals surface area contributed by atoms with E-state index in [1.807, 2.05) is 0 Å². The molecule has 68 valence electrons. The molecule has 0 atom stereocenters. The molecule has 0 unspecified atom stereocenters. The third kappa shape index (κ3) is 2.23. The van der Waals surface area contributed by atoms with Crippen molar-refractivity contribution >= 4 is 12.1 Å². The number of benzene rings is 1. The minimum absolute atomic E-state index is 0.00481. The monoisotopic (exact) mass is 178 g/mol. The molecule has 0 aromatic heterocycles. The molecule has 3 heteroatoms. The molecule has 0 heterocycles. The Hall–Kier alpha value is -1.48. The van der Waals surface area contributed by atoms with Crippen LogP contribution >= 0.6 is 0 Å². The highest BCUT2D eigenvalue weighted by atomic mass is 16.5. The molecule has 1 aromatic carbocycles. The van der Waals surface area contributed by atoms with Gasteiger partial charge in [-0.25, -0.2) is 0 Å². The lowest BCUT2D eigenvalue weighted by Crippen LogP contribution is -2.09. The molecule has 0 fully saturated rings. The summed E-state index contributed by atoms with van der Waals surface area (Å²) in [4.78, 5) is 21.9. The summed E-state index contributed by atoms with van der Waals surface area (Å²) >= 11 is 0. The lowest BCUT2D eigenvalue weighted by Gasteiger charge is -2.01. The topological polar surface area (TPSA) is 43.4 Å². The number of rotatable bonds is 4. The molecule has 0 amide bonds. The second kappa shape index (κ2) is 4.52. The molecule has 0 radical (unpaired) electrons. The van der Waals surface area contributed by atoms with Crippen LogP contribution in [-0.2, 0) is 4.74 Å². The van der Waals surface area contributed by atoms with Gasteiger partial charge in [0, 0.05) is 18.2 Å². The van der Waals surface area contributed by atoms with Gasteiger partial charge in [0.25, 0.3) is 0 Å². The first-order chi connectivity index (χ1) is 6.29. The van der Waals surface area contributed by atoms with Gasteiger partial charge in [-0.1, -0.05) is 24.3 Å². The molecular weight excluding hydrogens is 168 g/mol. The minimum atomic E-state index is -0.176. The van der Waals surface area contributed by atoms with E-state index in [2.05, 4.69) is 0 Å². The zero-order chi connectivity index (χ0) is 9.68. The Labute approximate surface area is 76.3 Å². The number of methoxy groups -OCH3 is 1. The average Bonchev–Trinajstić information content (AvgIpc) is 2.18. The van der Waals surface area contributed by atoms with E-state index in [4.69, 9.17) is 4.74 Å². The summed E-state index contributed by atoms with van der Waals surface area (Å²) in [6, 6.07) is 6.66. The van der Waals surface area contributed by atoms with Gasteiger partial charge in [-0.15, -0.1) is 0 Å². The minimum Gasteiger partial charge on any atom is -0.377 e. The van der Waals surface area contributed by atoms with Crippen molar-refractivity contribution in [1.82, 2.24) is 0 Å². The molecule has 1 aromatic rings. The molecule has 13 heavy (non-hydrogen) atoms. The van der Waals surface area contributed by atoms with E-state index >= 15 is 0 Å². The van der Waals surface area contributed by atoms with E-state index in [1.54, 1.807) is 24.3 Å². The Morgan fingerprint density at radius 3 is 2.77 bits per heavy atom. The molecule has 0 spiro atoms. The van der Waals surface area contributed by atoms with E-state index in [9.17, 15) is 9.59 Å². The maximum absolute atomic E-state index is 11.3. The molecule has 0 saturated carbocycles. The number of hydrogen-bond donors (Lipinski definition) is 0. The third-order valence-corrected chi connectivity index (χ3v) is 1.66. The Balaban J connectivity index is 2.98. The van der Waals surface area contributed by atoms with Gasteiger partial charge in [0.05, 0.1) is 0 Å². The molecule has 0 aliphatic heterocycles. The predicted molar refractivity (Wildman–Crippen MR) is 48.0 cm³/mol. The highest BCUT2D eigenvalue weighted by molar-refractivity contribution is 6.03. The Morgan fingerprint density at radius 1 is 1.46 bits per heavy atom. The average molecular weight is 178 g/mol. The van der Waals surface area contributed by atoms with Crippen LogP contribution in [0.5, 0.6) is 0 Å². The van der Waals surface area contributed by atoms with Crippen LogP contribution in [0.3, 0.4) is 0 Å². The molecule has 0 saturated heterocycles. The van der Waals surface area contributed by atoms with E-state index < -0.39 is 0 Å². The molecule has 1 rings (SSSR count). The summed E-state index contributed by atoms with van der Waals surface area (Å²) in [5.41, 5.74) is 0.823. The van der Waals surface area contributed by atoms with E-state index in [1.165, 1.54) is 7.11 Å². The zero-order valence-electron chi connectivity index (χ0n) is 7.32. The summed E-state index contributed by atoms with van der Waals surface area (Å²) in [6.07, 6.45) is 0.670. The van der Waals surface area contributed by atoms with Crippen molar-refractivity contribution in [3.63, 3.8) is 0 Å². The number of ether oxygens (including phenoxy) is 1. The Kier molecular flexibility index (Phi) is 3.34. The lowest BCUT2D eigenvalue weighted by molar-refractivity contribution is 0.0844. The van der Waals surface area contributed by atoms with Crippen molar-refractivity contribution in [2.75, 3.05) is 13.7 Å². The highest BCUT2D eigenvalue weighted by Gasteiger charge is 2.08. The summed E-state index contributed by atoms with van der Waals surface area (Å²) in [5, 5.41) is 0. The molecule has 0 N–H and O–H groups in total. The smallest absolute Gasteiger partial charge is 0.189 e. The number of carbonyl (C=O) groups excluding carboxylic acids is 2. The number of aldehydes is 1. The van der Waals surface area contributed by atoms with Crippen LogP contribution in [0.15, 0.2) is 24.3 Å². The van der Waals surface area contributed by atoms with Gasteiger partial charge in [0.2, 0.25) is 0 Å². The summed E-state index contributed by atoms with van der Waals surface area (Å²) in [5.74, 6) is -0.176. The van der Waals surface area contributed by atoms with Crippen molar-refractivity contribution in [3.05, 3.63) is 35.4 Å². The number of Topliss-reactive ketones (excluding diaryl/α,β-unsaturated/α-hetero) is 1. The quantitative estimate of drug-likeness (QED) is 0.516. The van der Waals surface area contributed by atoms with Crippen molar-refractivity contribution in [2.24, 2.45) is 0 Å². The largest absolute Gasteiger partial charge is 0.377 e. The molecular formula is C10H10O3.